The van der Waals surface area contributed by atoms with E-state index in [9.17, 15) is 9.59 Å². The molecule has 0 aromatic carbocycles. The maximum absolute atomic E-state index is 11.8. The number of nitrogens with zero attached hydrogens (tertiary/aromatic N) is 1. The molecule has 110 valence electrons. The molecule has 0 saturated carbocycles. The van der Waals surface area contributed by atoms with Gasteiger partial charge in [0.25, 0.3) is 0 Å². The number of pyridine rings is 1. The van der Waals surface area contributed by atoms with E-state index < -0.39 is 11.9 Å². The molecule has 0 aliphatic heterocycles. The quantitative estimate of drug-likeness (QED) is 0.638. The first-order chi connectivity index (χ1) is 10.0. The molecule has 0 radical (unpaired) electrons. The van der Waals surface area contributed by atoms with Crippen LogP contribution in [-0.4, -0.2) is 24.0 Å². The zero-order valence-electron chi connectivity index (χ0n) is 11.4. The predicted octanol–water partition coefficient (Wildman–Crippen LogP) is 2.78. The highest BCUT2D eigenvalue weighted by atomic mass is 35.5. The van der Waals surface area contributed by atoms with Gasteiger partial charge < -0.3 is 13.9 Å². The van der Waals surface area contributed by atoms with E-state index >= 15 is 0 Å². The number of hydrogen-bond acceptors (Lipinski definition) is 6. The lowest BCUT2D eigenvalue weighted by Gasteiger charge is -2.03. The van der Waals surface area contributed by atoms with Crippen LogP contribution in [0.3, 0.4) is 0 Å². The van der Waals surface area contributed by atoms with Crippen molar-refractivity contribution in [1.82, 2.24) is 4.98 Å². The molecule has 2 aromatic rings. The van der Waals surface area contributed by atoms with Crippen LogP contribution < -0.4 is 0 Å². The second-order valence-corrected chi connectivity index (χ2v) is 4.45. The number of methoxy groups -OCH3 is 1. The number of hydrogen-bond donors (Lipinski definition) is 0. The Balaban J connectivity index is 2.05. The van der Waals surface area contributed by atoms with E-state index in [4.69, 9.17) is 20.8 Å². The smallest absolute Gasteiger partial charge is 0.341 e. The summed E-state index contributed by atoms with van der Waals surface area (Å²) >= 11 is 5.79. The zero-order chi connectivity index (χ0) is 15.4. The number of carbonyl (C=O) groups excluding carboxylic acids is 2. The number of rotatable bonds is 4. The van der Waals surface area contributed by atoms with Gasteiger partial charge in [-0.2, -0.15) is 0 Å². The van der Waals surface area contributed by atoms with E-state index in [0.717, 1.165) is 0 Å². The van der Waals surface area contributed by atoms with Gasteiger partial charge >= 0.3 is 11.9 Å². The van der Waals surface area contributed by atoms with Crippen molar-refractivity contribution in [2.45, 2.75) is 13.5 Å². The molecule has 6 nitrogen and oxygen atoms in total. The van der Waals surface area contributed by atoms with Gasteiger partial charge in [-0.05, 0) is 25.1 Å². The Labute approximate surface area is 125 Å². The number of aryl methyl sites for hydroxylation is 1. The van der Waals surface area contributed by atoms with Crippen molar-refractivity contribution in [3.8, 4) is 0 Å². The van der Waals surface area contributed by atoms with Crippen molar-refractivity contribution >= 4 is 23.5 Å². The molecule has 0 saturated heterocycles. The fourth-order valence-corrected chi connectivity index (χ4v) is 1.88. The summed E-state index contributed by atoms with van der Waals surface area (Å²) < 4.78 is 15.0. The van der Waals surface area contributed by atoms with E-state index in [1.807, 2.05) is 0 Å². The van der Waals surface area contributed by atoms with E-state index in [1.54, 1.807) is 13.0 Å². The maximum Gasteiger partial charge on any atom is 0.341 e. The van der Waals surface area contributed by atoms with Gasteiger partial charge in [0.2, 0.25) is 0 Å². The van der Waals surface area contributed by atoms with Gasteiger partial charge in [-0.3, -0.25) is 0 Å². The second-order valence-electron chi connectivity index (χ2n) is 4.09. The molecule has 21 heavy (non-hydrogen) atoms. The first kappa shape index (κ1) is 15.1. The predicted molar refractivity (Wildman–Crippen MR) is 73.2 cm³/mol. The van der Waals surface area contributed by atoms with Crippen LogP contribution in [0, 0.1) is 6.92 Å². The molecule has 0 N–H and O–H groups in total. The molecular formula is C14H12ClNO5. The summed E-state index contributed by atoms with van der Waals surface area (Å²) in [6, 6.07) is 4.55. The van der Waals surface area contributed by atoms with E-state index in [0.29, 0.717) is 17.1 Å². The summed E-state index contributed by atoms with van der Waals surface area (Å²) in [7, 11) is 1.28. The number of ether oxygens (including phenoxy) is 2. The first-order valence-electron chi connectivity index (χ1n) is 5.98. The lowest BCUT2D eigenvalue weighted by atomic mass is 10.2. The summed E-state index contributed by atoms with van der Waals surface area (Å²) in [4.78, 5) is 27.1. The van der Waals surface area contributed by atoms with Crippen LogP contribution in [-0.2, 0) is 16.1 Å². The van der Waals surface area contributed by atoms with Gasteiger partial charge in [0, 0.05) is 6.20 Å². The van der Waals surface area contributed by atoms with E-state index in [2.05, 4.69) is 9.72 Å². The molecule has 2 aromatic heterocycles. The Morgan fingerprint density at radius 3 is 2.76 bits per heavy atom. The summed E-state index contributed by atoms with van der Waals surface area (Å²) in [5.74, 6) is -0.403. The Morgan fingerprint density at radius 2 is 2.10 bits per heavy atom. The molecule has 2 rings (SSSR count). The van der Waals surface area contributed by atoms with Crippen molar-refractivity contribution in [3.05, 3.63) is 52.2 Å². The average Bonchev–Trinajstić information content (AvgIpc) is 2.85. The van der Waals surface area contributed by atoms with Crippen molar-refractivity contribution in [1.29, 1.82) is 0 Å². The van der Waals surface area contributed by atoms with Crippen LogP contribution in [0.4, 0.5) is 0 Å². The fraction of sp³-hybridized carbons (Fsp3) is 0.214. The minimum Gasteiger partial charge on any atom is -0.465 e. The minimum absolute atomic E-state index is 0.0633. The molecule has 0 fully saturated rings. The third-order valence-corrected chi connectivity index (χ3v) is 3.00. The molecule has 0 aliphatic carbocycles. The van der Waals surface area contributed by atoms with Crippen LogP contribution in [0.2, 0.25) is 5.15 Å². The van der Waals surface area contributed by atoms with Crippen molar-refractivity contribution in [3.63, 3.8) is 0 Å². The Bertz CT molecular complexity index is 680. The highest BCUT2D eigenvalue weighted by Gasteiger charge is 2.17. The first-order valence-corrected chi connectivity index (χ1v) is 6.36. The number of esters is 2. The maximum atomic E-state index is 11.8. The lowest BCUT2D eigenvalue weighted by Crippen LogP contribution is -2.06. The van der Waals surface area contributed by atoms with Crippen LogP contribution in [0.15, 0.2) is 28.8 Å². The molecule has 0 bridgehead atoms. The normalized spacial score (nSPS) is 10.2. The van der Waals surface area contributed by atoms with Gasteiger partial charge in [-0.25, -0.2) is 14.6 Å². The number of carbonyl (C=O) groups is 2. The third kappa shape index (κ3) is 3.41. The fourth-order valence-electron chi connectivity index (χ4n) is 1.68. The van der Waals surface area contributed by atoms with Crippen molar-refractivity contribution in [2.75, 3.05) is 7.11 Å². The monoisotopic (exact) mass is 309 g/mol. The van der Waals surface area contributed by atoms with E-state index in [1.165, 1.54) is 25.4 Å². The standard InChI is InChI=1S/C14H12ClNO5/c1-8-11(13(17)19-2)6-9(21-8)7-20-14(18)10-4-3-5-16-12(10)15/h3-6H,7H2,1-2H3. The van der Waals surface area contributed by atoms with Gasteiger partial charge in [0.15, 0.2) is 0 Å². The Morgan fingerprint density at radius 1 is 1.33 bits per heavy atom. The molecule has 2 heterocycles. The summed E-state index contributed by atoms with van der Waals surface area (Å²) in [6.07, 6.45) is 1.47. The van der Waals surface area contributed by atoms with Gasteiger partial charge in [0.1, 0.15) is 28.8 Å². The number of furan rings is 1. The van der Waals surface area contributed by atoms with Crippen LogP contribution in [0.1, 0.15) is 32.2 Å². The van der Waals surface area contributed by atoms with Crippen LogP contribution in [0.5, 0.6) is 0 Å². The average molecular weight is 310 g/mol. The summed E-state index contributed by atoms with van der Waals surface area (Å²) in [6.45, 7) is 1.50. The van der Waals surface area contributed by atoms with Crippen molar-refractivity contribution in [2.24, 2.45) is 0 Å². The highest BCUT2D eigenvalue weighted by Crippen LogP contribution is 2.18. The van der Waals surface area contributed by atoms with Crippen molar-refractivity contribution < 1.29 is 23.5 Å². The van der Waals surface area contributed by atoms with Crippen LogP contribution in [0.25, 0.3) is 0 Å². The lowest BCUT2D eigenvalue weighted by molar-refractivity contribution is 0.0443. The highest BCUT2D eigenvalue weighted by molar-refractivity contribution is 6.32. The number of aromatic nitrogens is 1. The van der Waals surface area contributed by atoms with Gasteiger partial charge in [-0.1, -0.05) is 11.6 Å². The van der Waals surface area contributed by atoms with E-state index in [-0.39, 0.29) is 17.3 Å². The molecule has 0 aliphatic rings. The largest absolute Gasteiger partial charge is 0.465 e. The minimum atomic E-state index is -0.623. The zero-order valence-corrected chi connectivity index (χ0v) is 12.1. The molecule has 0 unspecified atom stereocenters. The molecule has 7 heteroatoms. The SMILES string of the molecule is COC(=O)c1cc(COC(=O)c2cccnc2Cl)oc1C. The summed E-state index contributed by atoms with van der Waals surface area (Å²) in [5, 5.41) is 0.0633. The Kier molecular flexibility index (Phi) is 4.59. The molecule has 0 atom stereocenters. The molecule has 0 spiro atoms. The second kappa shape index (κ2) is 6.41. The summed E-state index contributed by atoms with van der Waals surface area (Å²) in [5.41, 5.74) is 0.457. The molecular weight excluding hydrogens is 298 g/mol. The third-order valence-electron chi connectivity index (χ3n) is 2.70. The van der Waals surface area contributed by atoms with Gasteiger partial charge in [-0.15, -0.1) is 0 Å². The van der Waals surface area contributed by atoms with Crippen LogP contribution >= 0.6 is 11.6 Å². The Hall–Kier alpha value is -2.34. The molecule has 0 amide bonds. The number of halogens is 1. The topological polar surface area (TPSA) is 78.6 Å². The van der Waals surface area contributed by atoms with Gasteiger partial charge in [0.05, 0.1) is 12.7 Å².